The van der Waals surface area contributed by atoms with Crippen LogP contribution in [0.1, 0.15) is 35.7 Å². The molecule has 1 amide bonds. The molecule has 1 saturated heterocycles. The first kappa shape index (κ1) is 20.3. The lowest BCUT2D eigenvalue weighted by atomic mass is 9.92. The maximum atomic E-state index is 12.8. The number of hydrogen-bond donors (Lipinski definition) is 1. The number of nitrogens with two attached hydrogens (primary N) is 1. The van der Waals surface area contributed by atoms with Crippen LogP contribution in [0.5, 0.6) is 5.75 Å². The summed E-state index contributed by atoms with van der Waals surface area (Å²) in [5.74, 6) is 1.17. The van der Waals surface area contributed by atoms with Crippen molar-refractivity contribution in [3.63, 3.8) is 0 Å². The Morgan fingerprint density at radius 3 is 2.73 bits per heavy atom. The van der Waals surface area contributed by atoms with Gasteiger partial charge in [0.1, 0.15) is 12.4 Å². The van der Waals surface area contributed by atoms with E-state index in [4.69, 9.17) is 10.5 Å². The number of rotatable bonds is 5. The Morgan fingerprint density at radius 1 is 1.23 bits per heavy atom. The standard InChI is InChI=1S/C21H26N2O2.ClH/c1-16(22)19-10-6-12-23(14-19)21(24)18-9-5-11-20(13-18)25-15-17-7-3-2-4-8-17;/h2-5,7-9,11,13,16,19H,6,10,12,14-15,22H2,1H3;1H. The summed E-state index contributed by atoms with van der Waals surface area (Å²) in [5, 5.41) is 0. The molecule has 1 heterocycles. The van der Waals surface area contributed by atoms with Gasteiger partial charge in [0.2, 0.25) is 0 Å². The smallest absolute Gasteiger partial charge is 0.253 e. The third-order valence-electron chi connectivity index (χ3n) is 4.82. The van der Waals surface area contributed by atoms with E-state index in [9.17, 15) is 4.79 Å². The van der Waals surface area contributed by atoms with Gasteiger partial charge in [-0.25, -0.2) is 0 Å². The number of likely N-dealkylation sites (tertiary alicyclic amines) is 1. The van der Waals surface area contributed by atoms with Gasteiger partial charge in [0, 0.05) is 24.7 Å². The van der Waals surface area contributed by atoms with Gasteiger partial charge in [0.25, 0.3) is 5.91 Å². The zero-order valence-corrected chi connectivity index (χ0v) is 16.0. The summed E-state index contributed by atoms with van der Waals surface area (Å²) < 4.78 is 5.84. The Balaban J connectivity index is 0.00000243. The first-order chi connectivity index (χ1) is 12.1. The van der Waals surface area contributed by atoms with E-state index in [1.807, 2.05) is 66.4 Å². The number of amides is 1. The van der Waals surface area contributed by atoms with Crippen molar-refractivity contribution in [2.45, 2.75) is 32.4 Å². The zero-order valence-electron chi connectivity index (χ0n) is 15.1. The van der Waals surface area contributed by atoms with Crippen LogP contribution in [-0.2, 0) is 6.61 Å². The molecule has 2 unspecified atom stereocenters. The number of carbonyl (C=O) groups is 1. The van der Waals surface area contributed by atoms with Crippen molar-refractivity contribution in [3.05, 3.63) is 65.7 Å². The Kier molecular flexibility index (Phi) is 7.49. The summed E-state index contributed by atoms with van der Waals surface area (Å²) in [7, 11) is 0. The molecule has 0 bridgehead atoms. The quantitative estimate of drug-likeness (QED) is 0.863. The minimum Gasteiger partial charge on any atom is -0.489 e. The molecular weight excluding hydrogens is 348 g/mol. The van der Waals surface area contributed by atoms with Gasteiger partial charge in [-0.05, 0) is 49.4 Å². The Bertz CT molecular complexity index is 706. The molecule has 0 aliphatic carbocycles. The average molecular weight is 375 g/mol. The summed E-state index contributed by atoms with van der Waals surface area (Å²) >= 11 is 0. The van der Waals surface area contributed by atoms with Gasteiger partial charge in [-0.15, -0.1) is 12.4 Å². The normalized spacial score (nSPS) is 17.9. The van der Waals surface area contributed by atoms with Crippen molar-refractivity contribution in [2.24, 2.45) is 11.7 Å². The van der Waals surface area contributed by atoms with E-state index in [1.165, 1.54) is 0 Å². The summed E-state index contributed by atoms with van der Waals surface area (Å²) in [6.45, 7) is 4.06. The topological polar surface area (TPSA) is 55.6 Å². The number of hydrogen-bond acceptors (Lipinski definition) is 3. The van der Waals surface area contributed by atoms with Crippen LogP contribution in [0.3, 0.4) is 0 Å². The second-order valence-electron chi connectivity index (χ2n) is 6.81. The van der Waals surface area contributed by atoms with Crippen LogP contribution in [0.4, 0.5) is 0 Å². The molecule has 140 valence electrons. The van der Waals surface area contributed by atoms with E-state index < -0.39 is 0 Å². The zero-order chi connectivity index (χ0) is 17.6. The highest BCUT2D eigenvalue weighted by Gasteiger charge is 2.26. The Hall–Kier alpha value is -2.04. The lowest BCUT2D eigenvalue weighted by Gasteiger charge is -2.34. The number of halogens is 1. The Labute approximate surface area is 161 Å². The highest BCUT2D eigenvalue weighted by Crippen LogP contribution is 2.22. The summed E-state index contributed by atoms with van der Waals surface area (Å²) in [5.41, 5.74) is 7.81. The Morgan fingerprint density at radius 2 is 2.00 bits per heavy atom. The predicted octanol–water partition coefficient (Wildman–Crippen LogP) is 3.89. The number of benzene rings is 2. The van der Waals surface area contributed by atoms with Crippen LogP contribution in [0.25, 0.3) is 0 Å². The third-order valence-corrected chi connectivity index (χ3v) is 4.82. The summed E-state index contributed by atoms with van der Waals surface area (Å²) in [4.78, 5) is 14.7. The third kappa shape index (κ3) is 5.23. The molecule has 2 N–H and O–H groups in total. The fourth-order valence-corrected chi connectivity index (χ4v) is 3.27. The van der Waals surface area contributed by atoms with E-state index in [0.717, 1.165) is 37.2 Å². The molecule has 0 saturated carbocycles. The molecule has 5 heteroatoms. The van der Waals surface area contributed by atoms with Crippen molar-refractivity contribution in [2.75, 3.05) is 13.1 Å². The monoisotopic (exact) mass is 374 g/mol. The second-order valence-corrected chi connectivity index (χ2v) is 6.81. The highest BCUT2D eigenvalue weighted by molar-refractivity contribution is 5.94. The predicted molar refractivity (Wildman–Crippen MR) is 107 cm³/mol. The lowest BCUT2D eigenvalue weighted by molar-refractivity contribution is 0.0660. The molecule has 3 rings (SSSR count). The van der Waals surface area contributed by atoms with Crippen LogP contribution in [0, 0.1) is 5.92 Å². The molecule has 26 heavy (non-hydrogen) atoms. The minimum absolute atomic E-state index is 0. The van der Waals surface area contributed by atoms with Gasteiger partial charge >= 0.3 is 0 Å². The van der Waals surface area contributed by atoms with Crippen molar-refractivity contribution in [3.8, 4) is 5.75 Å². The van der Waals surface area contributed by atoms with E-state index in [1.54, 1.807) is 0 Å². The van der Waals surface area contributed by atoms with Crippen LogP contribution >= 0.6 is 12.4 Å². The van der Waals surface area contributed by atoms with Gasteiger partial charge < -0.3 is 15.4 Å². The largest absolute Gasteiger partial charge is 0.489 e. The number of ether oxygens (including phenoxy) is 1. The minimum atomic E-state index is 0. The van der Waals surface area contributed by atoms with Gasteiger partial charge in [-0.3, -0.25) is 4.79 Å². The van der Waals surface area contributed by atoms with Crippen molar-refractivity contribution < 1.29 is 9.53 Å². The molecule has 0 spiro atoms. The molecular formula is C21H27ClN2O2. The molecule has 1 aliphatic rings. The summed E-state index contributed by atoms with van der Waals surface area (Å²) in [6, 6.07) is 17.6. The fraction of sp³-hybridized carbons (Fsp3) is 0.381. The van der Waals surface area contributed by atoms with Gasteiger partial charge in [0.05, 0.1) is 0 Å². The highest BCUT2D eigenvalue weighted by atomic mass is 35.5. The molecule has 4 nitrogen and oxygen atoms in total. The van der Waals surface area contributed by atoms with Crippen LogP contribution in [0.15, 0.2) is 54.6 Å². The molecule has 2 atom stereocenters. The molecule has 1 fully saturated rings. The average Bonchev–Trinajstić information content (AvgIpc) is 2.67. The SMILES string of the molecule is CC(N)C1CCCN(C(=O)c2cccc(OCc3ccccc3)c2)C1.Cl. The molecule has 2 aromatic rings. The first-order valence-corrected chi connectivity index (χ1v) is 8.95. The maximum Gasteiger partial charge on any atom is 0.253 e. The van der Waals surface area contributed by atoms with Crippen LogP contribution in [0.2, 0.25) is 0 Å². The summed E-state index contributed by atoms with van der Waals surface area (Å²) in [6.07, 6.45) is 2.11. The van der Waals surface area contributed by atoms with Crippen molar-refractivity contribution in [1.29, 1.82) is 0 Å². The van der Waals surface area contributed by atoms with Crippen LogP contribution in [-0.4, -0.2) is 29.9 Å². The van der Waals surface area contributed by atoms with E-state index in [0.29, 0.717) is 18.1 Å². The van der Waals surface area contributed by atoms with Gasteiger partial charge in [-0.1, -0.05) is 36.4 Å². The van der Waals surface area contributed by atoms with Crippen molar-refractivity contribution >= 4 is 18.3 Å². The van der Waals surface area contributed by atoms with Gasteiger partial charge in [0.15, 0.2) is 0 Å². The molecule has 0 aromatic heterocycles. The van der Waals surface area contributed by atoms with Crippen molar-refractivity contribution in [1.82, 2.24) is 4.90 Å². The fourth-order valence-electron chi connectivity index (χ4n) is 3.27. The van der Waals surface area contributed by atoms with E-state index in [-0.39, 0.29) is 24.4 Å². The number of piperidine rings is 1. The second kappa shape index (κ2) is 9.60. The van der Waals surface area contributed by atoms with E-state index in [2.05, 4.69) is 0 Å². The number of carbonyl (C=O) groups excluding carboxylic acids is 1. The molecule has 0 radical (unpaired) electrons. The molecule has 2 aromatic carbocycles. The number of nitrogens with zero attached hydrogens (tertiary/aromatic N) is 1. The lowest BCUT2D eigenvalue weighted by Crippen LogP contribution is -2.45. The maximum absolute atomic E-state index is 12.8. The van der Waals surface area contributed by atoms with Crippen LogP contribution < -0.4 is 10.5 Å². The molecule has 1 aliphatic heterocycles. The first-order valence-electron chi connectivity index (χ1n) is 8.95. The van der Waals surface area contributed by atoms with Gasteiger partial charge in [-0.2, -0.15) is 0 Å². The van der Waals surface area contributed by atoms with E-state index >= 15 is 0 Å².